The van der Waals surface area contributed by atoms with Crippen LogP contribution in [0.5, 0.6) is 17.2 Å². The van der Waals surface area contributed by atoms with E-state index in [2.05, 4.69) is 28.3 Å². The molecule has 6 heteroatoms. The molecule has 2 heterocycles. The summed E-state index contributed by atoms with van der Waals surface area (Å²) in [5, 5.41) is 5.60. The predicted octanol–water partition coefficient (Wildman–Crippen LogP) is 4.11. The summed E-state index contributed by atoms with van der Waals surface area (Å²) in [5.41, 5.74) is 4.01. The van der Waals surface area contributed by atoms with Crippen LogP contribution in [0.4, 0.5) is 0 Å². The lowest BCUT2D eigenvalue weighted by molar-refractivity contribution is 0.324. The normalized spacial score (nSPS) is 10.8. The van der Waals surface area contributed by atoms with E-state index in [4.69, 9.17) is 14.2 Å². The number of rotatable bonds is 5. The van der Waals surface area contributed by atoms with E-state index in [1.165, 1.54) is 0 Å². The molecule has 0 aliphatic heterocycles. The molecule has 0 spiro atoms. The molecule has 2 aromatic heterocycles. The van der Waals surface area contributed by atoms with E-state index in [-0.39, 0.29) is 0 Å². The van der Waals surface area contributed by atoms with E-state index in [9.17, 15) is 0 Å². The molecule has 136 valence electrons. The molecule has 2 aromatic carbocycles. The van der Waals surface area contributed by atoms with Gasteiger partial charge in [-0.05, 0) is 29.3 Å². The van der Waals surface area contributed by atoms with Crippen molar-refractivity contribution in [1.29, 1.82) is 0 Å². The first-order valence-electron chi connectivity index (χ1n) is 8.43. The van der Waals surface area contributed by atoms with E-state index in [0.717, 1.165) is 27.7 Å². The third-order valence-corrected chi connectivity index (χ3v) is 4.48. The maximum Gasteiger partial charge on any atom is 0.203 e. The van der Waals surface area contributed by atoms with Gasteiger partial charge in [0, 0.05) is 29.9 Å². The molecule has 0 N–H and O–H groups in total. The number of hydrogen-bond acceptors (Lipinski definition) is 5. The Bertz CT molecular complexity index is 1070. The molecule has 6 nitrogen and oxygen atoms in total. The smallest absolute Gasteiger partial charge is 0.203 e. The first-order chi connectivity index (χ1) is 13.2. The Hall–Kier alpha value is -3.54. The summed E-state index contributed by atoms with van der Waals surface area (Å²) in [7, 11) is 4.79. The van der Waals surface area contributed by atoms with Gasteiger partial charge < -0.3 is 14.2 Å². The summed E-state index contributed by atoms with van der Waals surface area (Å²) >= 11 is 0. The van der Waals surface area contributed by atoms with E-state index in [1.807, 2.05) is 35.1 Å². The number of aromatic nitrogens is 3. The van der Waals surface area contributed by atoms with Crippen LogP contribution in [0.1, 0.15) is 0 Å². The second-order valence-corrected chi connectivity index (χ2v) is 5.95. The molecule has 0 radical (unpaired) electrons. The molecule has 0 saturated heterocycles. The van der Waals surface area contributed by atoms with Crippen LogP contribution in [0.25, 0.3) is 27.7 Å². The van der Waals surface area contributed by atoms with Crippen molar-refractivity contribution < 1.29 is 14.2 Å². The van der Waals surface area contributed by atoms with Crippen LogP contribution in [-0.2, 0) is 0 Å². The Balaban J connectivity index is 1.89. The van der Waals surface area contributed by atoms with Gasteiger partial charge in [-0.25, -0.2) is 4.68 Å². The molecule has 27 heavy (non-hydrogen) atoms. The number of methoxy groups -OCH3 is 3. The number of ether oxygens (including phenoxy) is 3. The van der Waals surface area contributed by atoms with Crippen molar-refractivity contribution in [2.24, 2.45) is 0 Å². The minimum absolute atomic E-state index is 0.553. The molecular formula is C21H19N3O3. The van der Waals surface area contributed by atoms with Gasteiger partial charge >= 0.3 is 0 Å². The van der Waals surface area contributed by atoms with Gasteiger partial charge in [0.15, 0.2) is 11.5 Å². The molecule has 0 fully saturated rings. The quantitative estimate of drug-likeness (QED) is 0.535. The number of benzene rings is 2. The molecule has 0 aliphatic carbocycles. The van der Waals surface area contributed by atoms with E-state index in [1.54, 1.807) is 33.7 Å². The molecular weight excluding hydrogens is 342 g/mol. The van der Waals surface area contributed by atoms with Crippen molar-refractivity contribution in [2.45, 2.75) is 0 Å². The van der Waals surface area contributed by atoms with Crippen molar-refractivity contribution in [3.8, 4) is 34.1 Å². The molecule has 4 rings (SSSR count). The van der Waals surface area contributed by atoms with Crippen molar-refractivity contribution in [1.82, 2.24) is 14.8 Å². The van der Waals surface area contributed by atoms with Crippen LogP contribution in [0.15, 0.2) is 61.1 Å². The Morgan fingerprint density at radius 2 is 1.48 bits per heavy atom. The third kappa shape index (κ3) is 2.95. The van der Waals surface area contributed by atoms with Gasteiger partial charge in [-0.1, -0.05) is 12.1 Å². The molecule has 0 atom stereocenters. The van der Waals surface area contributed by atoms with Crippen LogP contribution in [0.2, 0.25) is 0 Å². The van der Waals surface area contributed by atoms with Gasteiger partial charge in [0.25, 0.3) is 0 Å². The van der Waals surface area contributed by atoms with Gasteiger partial charge in [-0.2, -0.15) is 5.10 Å². The average molecular weight is 361 g/mol. The van der Waals surface area contributed by atoms with E-state index >= 15 is 0 Å². The van der Waals surface area contributed by atoms with Crippen LogP contribution < -0.4 is 14.2 Å². The molecule has 0 bridgehead atoms. The first-order valence-corrected chi connectivity index (χ1v) is 8.43. The maximum absolute atomic E-state index is 5.47. The minimum Gasteiger partial charge on any atom is -0.493 e. The predicted molar refractivity (Wildman–Crippen MR) is 104 cm³/mol. The summed E-state index contributed by atoms with van der Waals surface area (Å²) in [4.78, 5) is 4.09. The van der Waals surface area contributed by atoms with Crippen molar-refractivity contribution >= 4 is 10.9 Å². The van der Waals surface area contributed by atoms with E-state index in [0.29, 0.717) is 17.2 Å². The maximum atomic E-state index is 5.47. The zero-order valence-electron chi connectivity index (χ0n) is 15.3. The standard InChI is InChI=1S/C21H19N3O3/c1-25-19-11-17(12-20(26-2)21(19)27-3)24-18-10-15(4-5-16(18)13-23-24)14-6-8-22-9-7-14/h4-13H,1-3H3. The molecule has 0 saturated carbocycles. The minimum atomic E-state index is 0.553. The fraction of sp³-hybridized carbons (Fsp3) is 0.143. The lowest BCUT2D eigenvalue weighted by atomic mass is 10.1. The van der Waals surface area contributed by atoms with Gasteiger partial charge in [-0.15, -0.1) is 0 Å². The second-order valence-electron chi connectivity index (χ2n) is 5.95. The zero-order valence-corrected chi connectivity index (χ0v) is 15.3. The fourth-order valence-corrected chi connectivity index (χ4v) is 3.14. The summed E-state index contributed by atoms with van der Waals surface area (Å²) in [6, 6.07) is 14.0. The van der Waals surface area contributed by atoms with Crippen LogP contribution in [-0.4, -0.2) is 36.1 Å². The fourth-order valence-electron chi connectivity index (χ4n) is 3.14. The highest BCUT2D eigenvalue weighted by atomic mass is 16.5. The zero-order chi connectivity index (χ0) is 18.8. The van der Waals surface area contributed by atoms with Crippen molar-refractivity contribution in [3.05, 3.63) is 61.1 Å². The van der Waals surface area contributed by atoms with Crippen molar-refractivity contribution in [2.75, 3.05) is 21.3 Å². The number of fused-ring (bicyclic) bond motifs is 1. The van der Waals surface area contributed by atoms with Gasteiger partial charge in [0.2, 0.25) is 5.75 Å². The highest BCUT2D eigenvalue weighted by molar-refractivity contribution is 5.85. The van der Waals surface area contributed by atoms with Crippen LogP contribution in [0, 0.1) is 0 Å². The topological polar surface area (TPSA) is 58.4 Å². The van der Waals surface area contributed by atoms with Gasteiger partial charge in [0.05, 0.1) is 38.7 Å². The second kappa shape index (κ2) is 6.99. The number of pyridine rings is 1. The summed E-state index contributed by atoms with van der Waals surface area (Å²) < 4.78 is 18.2. The molecule has 0 amide bonds. The number of nitrogens with zero attached hydrogens (tertiary/aromatic N) is 3. The molecule has 0 unspecified atom stereocenters. The van der Waals surface area contributed by atoms with Gasteiger partial charge in [0.1, 0.15) is 0 Å². The molecule has 0 aliphatic rings. The highest BCUT2D eigenvalue weighted by Gasteiger charge is 2.16. The molecule has 4 aromatic rings. The van der Waals surface area contributed by atoms with Crippen molar-refractivity contribution in [3.63, 3.8) is 0 Å². The van der Waals surface area contributed by atoms with E-state index < -0.39 is 0 Å². The lowest BCUT2D eigenvalue weighted by Gasteiger charge is -2.14. The Kier molecular flexibility index (Phi) is 4.38. The summed E-state index contributed by atoms with van der Waals surface area (Å²) in [6.07, 6.45) is 5.42. The largest absolute Gasteiger partial charge is 0.493 e. The van der Waals surface area contributed by atoms with Crippen LogP contribution in [0.3, 0.4) is 0 Å². The summed E-state index contributed by atoms with van der Waals surface area (Å²) in [5.74, 6) is 1.72. The van der Waals surface area contributed by atoms with Gasteiger partial charge in [-0.3, -0.25) is 4.98 Å². The third-order valence-electron chi connectivity index (χ3n) is 4.48. The Morgan fingerprint density at radius 1 is 0.778 bits per heavy atom. The summed E-state index contributed by atoms with van der Waals surface area (Å²) in [6.45, 7) is 0. The lowest BCUT2D eigenvalue weighted by Crippen LogP contribution is -2.01. The monoisotopic (exact) mass is 361 g/mol. The number of hydrogen-bond donors (Lipinski definition) is 0. The first kappa shape index (κ1) is 16.9. The Labute approximate surface area is 156 Å². The average Bonchev–Trinajstić information content (AvgIpc) is 3.16. The SMILES string of the molecule is COc1cc(-n2ncc3ccc(-c4ccncc4)cc32)cc(OC)c1OC. The Morgan fingerprint density at radius 3 is 2.11 bits per heavy atom. The highest BCUT2D eigenvalue weighted by Crippen LogP contribution is 2.39. The van der Waals surface area contributed by atoms with Crippen LogP contribution >= 0.6 is 0 Å².